The molecule has 0 aliphatic heterocycles. The normalized spacial score (nSPS) is 9.89. The summed E-state index contributed by atoms with van der Waals surface area (Å²) in [4.78, 5) is 11.5. The van der Waals surface area contributed by atoms with E-state index in [1.165, 1.54) is 0 Å². The number of rotatable bonds is 6. The first-order chi connectivity index (χ1) is 9.13. The van der Waals surface area contributed by atoms with Gasteiger partial charge in [0, 0.05) is 24.2 Å². The number of ether oxygens (including phenoxy) is 2. The summed E-state index contributed by atoms with van der Waals surface area (Å²) < 4.78 is 10.6. The van der Waals surface area contributed by atoms with Crippen LogP contribution in [0.1, 0.15) is 24.5 Å². The summed E-state index contributed by atoms with van der Waals surface area (Å²) in [6.07, 6.45) is 0.915. The van der Waals surface area contributed by atoms with Crippen LogP contribution < -0.4 is 20.1 Å². The van der Waals surface area contributed by atoms with Gasteiger partial charge in [-0.15, -0.1) is 0 Å². The summed E-state index contributed by atoms with van der Waals surface area (Å²) in [5, 5.41) is 5.56. The maximum Gasteiger partial charge on any atom is 0.315 e. The van der Waals surface area contributed by atoms with Gasteiger partial charge in [0.05, 0.1) is 14.2 Å². The highest BCUT2D eigenvalue weighted by atomic mass is 16.5. The van der Waals surface area contributed by atoms with Gasteiger partial charge >= 0.3 is 6.03 Å². The standard InChI is InChI=1S/C14H22N2O3/c1-5-8-15-14(17)16-9-11-6-7-12(18-3)10(2)13(11)19-4/h6-7H,5,8-9H2,1-4H3,(H2,15,16,17). The second kappa shape index (κ2) is 7.51. The van der Waals surface area contributed by atoms with E-state index in [0.29, 0.717) is 13.1 Å². The Bertz CT molecular complexity index is 433. The van der Waals surface area contributed by atoms with Crippen LogP contribution >= 0.6 is 0 Å². The molecule has 0 heterocycles. The summed E-state index contributed by atoms with van der Waals surface area (Å²) in [5.41, 5.74) is 1.85. The van der Waals surface area contributed by atoms with Gasteiger partial charge in [0.1, 0.15) is 11.5 Å². The van der Waals surface area contributed by atoms with Gasteiger partial charge < -0.3 is 20.1 Å². The van der Waals surface area contributed by atoms with Gasteiger partial charge in [0.2, 0.25) is 0 Å². The zero-order valence-corrected chi connectivity index (χ0v) is 12.0. The van der Waals surface area contributed by atoms with Crippen molar-refractivity contribution in [3.8, 4) is 11.5 Å². The van der Waals surface area contributed by atoms with E-state index >= 15 is 0 Å². The van der Waals surface area contributed by atoms with Crippen molar-refractivity contribution < 1.29 is 14.3 Å². The van der Waals surface area contributed by atoms with E-state index in [1.807, 2.05) is 26.0 Å². The number of carbonyl (C=O) groups is 1. The molecule has 0 spiro atoms. The summed E-state index contributed by atoms with van der Waals surface area (Å²) in [7, 11) is 3.24. The molecule has 5 nitrogen and oxygen atoms in total. The summed E-state index contributed by atoms with van der Waals surface area (Å²) in [5.74, 6) is 1.52. The molecule has 0 saturated carbocycles. The minimum absolute atomic E-state index is 0.169. The Labute approximate surface area is 114 Å². The molecule has 0 atom stereocenters. The molecule has 0 aliphatic rings. The van der Waals surface area contributed by atoms with Crippen molar-refractivity contribution in [3.63, 3.8) is 0 Å². The fourth-order valence-electron chi connectivity index (χ4n) is 1.85. The molecule has 2 N–H and O–H groups in total. The zero-order valence-electron chi connectivity index (χ0n) is 12.0. The molecular formula is C14H22N2O3. The van der Waals surface area contributed by atoms with E-state index in [9.17, 15) is 4.79 Å². The predicted octanol–water partition coefficient (Wildman–Crippen LogP) is 2.22. The second-order valence-electron chi connectivity index (χ2n) is 4.19. The van der Waals surface area contributed by atoms with E-state index in [4.69, 9.17) is 9.47 Å². The van der Waals surface area contributed by atoms with Crippen LogP contribution in [0.4, 0.5) is 4.79 Å². The molecule has 106 valence electrons. The predicted molar refractivity (Wildman–Crippen MR) is 74.8 cm³/mol. The Kier molecular flexibility index (Phi) is 5.99. The average Bonchev–Trinajstić information content (AvgIpc) is 2.42. The van der Waals surface area contributed by atoms with Gasteiger partial charge in [-0.1, -0.05) is 6.92 Å². The summed E-state index contributed by atoms with van der Waals surface area (Å²) in [6, 6.07) is 3.60. The third-order valence-electron chi connectivity index (χ3n) is 2.84. The monoisotopic (exact) mass is 266 g/mol. The lowest BCUT2D eigenvalue weighted by molar-refractivity contribution is 0.240. The van der Waals surface area contributed by atoms with E-state index in [1.54, 1.807) is 14.2 Å². The average molecular weight is 266 g/mol. The van der Waals surface area contributed by atoms with Crippen LogP contribution in [0.5, 0.6) is 11.5 Å². The molecule has 0 saturated heterocycles. The molecule has 0 unspecified atom stereocenters. The Morgan fingerprint density at radius 1 is 1.21 bits per heavy atom. The highest BCUT2D eigenvalue weighted by Gasteiger charge is 2.11. The maximum atomic E-state index is 11.5. The third-order valence-corrected chi connectivity index (χ3v) is 2.84. The van der Waals surface area contributed by atoms with Gasteiger partial charge in [0.15, 0.2) is 0 Å². The fraction of sp³-hybridized carbons (Fsp3) is 0.500. The lowest BCUT2D eigenvalue weighted by Gasteiger charge is -2.15. The van der Waals surface area contributed by atoms with Crippen LogP contribution in [0.25, 0.3) is 0 Å². The second-order valence-corrected chi connectivity index (χ2v) is 4.19. The van der Waals surface area contributed by atoms with E-state index < -0.39 is 0 Å². The molecule has 19 heavy (non-hydrogen) atoms. The smallest absolute Gasteiger partial charge is 0.315 e. The minimum atomic E-state index is -0.169. The third kappa shape index (κ3) is 4.05. The number of methoxy groups -OCH3 is 2. The van der Waals surface area contributed by atoms with Crippen molar-refractivity contribution >= 4 is 6.03 Å². The quantitative estimate of drug-likeness (QED) is 0.830. The number of urea groups is 1. The highest BCUT2D eigenvalue weighted by molar-refractivity contribution is 5.73. The van der Waals surface area contributed by atoms with Gasteiger partial charge in [-0.2, -0.15) is 0 Å². The first-order valence-corrected chi connectivity index (χ1v) is 6.36. The van der Waals surface area contributed by atoms with E-state index in [-0.39, 0.29) is 6.03 Å². The van der Waals surface area contributed by atoms with Gasteiger partial charge in [-0.05, 0) is 25.5 Å². The van der Waals surface area contributed by atoms with Crippen LogP contribution in [-0.4, -0.2) is 26.8 Å². The van der Waals surface area contributed by atoms with E-state index in [2.05, 4.69) is 10.6 Å². The van der Waals surface area contributed by atoms with Crippen LogP contribution in [0.3, 0.4) is 0 Å². The molecule has 0 aromatic heterocycles. The Morgan fingerprint density at radius 3 is 2.53 bits per heavy atom. The molecule has 1 aromatic rings. The molecule has 2 amide bonds. The van der Waals surface area contributed by atoms with Gasteiger partial charge in [-0.3, -0.25) is 0 Å². The SMILES string of the molecule is CCCNC(=O)NCc1ccc(OC)c(C)c1OC. The van der Waals surface area contributed by atoms with Crippen molar-refractivity contribution in [2.24, 2.45) is 0 Å². The number of carbonyl (C=O) groups excluding carboxylic acids is 1. The summed E-state index contributed by atoms with van der Waals surface area (Å²) in [6.45, 7) is 5.03. The molecule has 1 rings (SSSR count). The Hall–Kier alpha value is -1.91. The molecule has 5 heteroatoms. The minimum Gasteiger partial charge on any atom is -0.496 e. The molecule has 1 aromatic carbocycles. The van der Waals surface area contributed by atoms with Crippen LogP contribution in [0, 0.1) is 6.92 Å². The lowest BCUT2D eigenvalue weighted by atomic mass is 10.1. The van der Waals surface area contributed by atoms with Crippen LogP contribution in [0.15, 0.2) is 12.1 Å². The fourth-order valence-corrected chi connectivity index (χ4v) is 1.85. The first kappa shape index (κ1) is 15.1. The Morgan fingerprint density at radius 2 is 1.95 bits per heavy atom. The molecule has 0 bridgehead atoms. The van der Waals surface area contributed by atoms with Crippen molar-refractivity contribution in [1.29, 1.82) is 0 Å². The number of hydrogen-bond donors (Lipinski definition) is 2. The molecule has 0 fully saturated rings. The van der Waals surface area contributed by atoms with E-state index in [0.717, 1.165) is 29.0 Å². The van der Waals surface area contributed by atoms with Crippen molar-refractivity contribution in [2.75, 3.05) is 20.8 Å². The number of benzene rings is 1. The summed E-state index contributed by atoms with van der Waals surface area (Å²) >= 11 is 0. The van der Waals surface area contributed by atoms with Gasteiger partial charge in [-0.25, -0.2) is 4.79 Å². The number of nitrogens with one attached hydrogen (secondary N) is 2. The zero-order chi connectivity index (χ0) is 14.3. The first-order valence-electron chi connectivity index (χ1n) is 6.36. The van der Waals surface area contributed by atoms with Gasteiger partial charge in [0.25, 0.3) is 0 Å². The Balaban J connectivity index is 2.73. The molecular weight excluding hydrogens is 244 g/mol. The van der Waals surface area contributed by atoms with Crippen LogP contribution in [0.2, 0.25) is 0 Å². The largest absolute Gasteiger partial charge is 0.496 e. The van der Waals surface area contributed by atoms with Crippen molar-refractivity contribution in [1.82, 2.24) is 10.6 Å². The van der Waals surface area contributed by atoms with Crippen LogP contribution in [-0.2, 0) is 6.54 Å². The number of amides is 2. The highest BCUT2D eigenvalue weighted by Crippen LogP contribution is 2.31. The van der Waals surface area contributed by atoms with Crippen molar-refractivity contribution in [2.45, 2.75) is 26.8 Å². The topological polar surface area (TPSA) is 59.6 Å². The molecule has 0 radical (unpaired) electrons. The van der Waals surface area contributed by atoms with Crippen molar-refractivity contribution in [3.05, 3.63) is 23.3 Å². The molecule has 0 aliphatic carbocycles. The lowest BCUT2D eigenvalue weighted by Crippen LogP contribution is -2.35. The maximum absolute atomic E-state index is 11.5. The number of hydrogen-bond acceptors (Lipinski definition) is 3.